The first kappa shape index (κ1) is 12.1. The van der Waals surface area contributed by atoms with E-state index in [1.807, 2.05) is 12.1 Å². The Balaban J connectivity index is 1.68. The quantitative estimate of drug-likeness (QED) is 0.854. The molecule has 0 bridgehead atoms. The normalized spacial score (nSPS) is 14.7. The van der Waals surface area contributed by atoms with Gasteiger partial charge < -0.3 is 10.0 Å². The molecule has 0 radical (unpaired) electrons. The maximum atomic E-state index is 10.7. The number of carboxylic acid groups (broad SMARTS) is 1. The van der Waals surface area contributed by atoms with Gasteiger partial charge in [0.2, 0.25) is 0 Å². The van der Waals surface area contributed by atoms with E-state index in [0.717, 1.165) is 5.69 Å². The van der Waals surface area contributed by atoms with Crippen LogP contribution >= 0.6 is 0 Å². The molecule has 1 saturated heterocycles. The Kier molecular flexibility index (Phi) is 2.80. The number of aromatic nitrogens is 4. The molecule has 1 fully saturated rings. The first-order valence-electron chi connectivity index (χ1n) is 5.93. The van der Waals surface area contributed by atoms with Gasteiger partial charge in [0.1, 0.15) is 11.8 Å². The molecule has 1 aliphatic rings. The molecule has 20 heavy (non-hydrogen) atoms. The first-order valence-corrected chi connectivity index (χ1v) is 5.93. The van der Waals surface area contributed by atoms with Crippen LogP contribution in [-0.4, -0.2) is 44.1 Å². The number of anilines is 1. The summed E-state index contributed by atoms with van der Waals surface area (Å²) < 4.78 is 1.56. The summed E-state index contributed by atoms with van der Waals surface area (Å²) in [5.41, 5.74) is 1.24. The van der Waals surface area contributed by atoms with Gasteiger partial charge in [-0.1, -0.05) is 5.21 Å². The fraction of sp³-hybridized carbons (Fsp3) is 0.250. The Labute approximate surface area is 113 Å². The van der Waals surface area contributed by atoms with Crippen LogP contribution in [0.4, 0.5) is 5.69 Å². The standard InChI is InChI=1S/C12H10N6O2/c13-4-8-3-9(1-2-14-8)17-5-10(6-17)18-7-11(12(19)20)15-16-18/h1-3,7,10H,5-6H2,(H,19,20). The van der Waals surface area contributed by atoms with Crippen molar-refractivity contribution in [3.05, 3.63) is 35.9 Å². The molecular weight excluding hydrogens is 260 g/mol. The Hall–Kier alpha value is -2.95. The smallest absolute Gasteiger partial charge is 0.358 e. The molecule has 0 saturated carbocycles. The van der Waals surface area contributed by atoms with E-state index in [0.29, 0.717) is 18.8 Å². The molecule has 2 aromatic rings. The SMILES string of the molecule is N#Cc1cc(N2CC(n3cc(C(=O)O)nn3)C2)ccn1. The van der Waals surface area contributed by atoms with E-state index in [1.165, 1.54) is 6.20 Å². The first-order chi connectivity index (χ1) is 9.67. The lowest BCUT2D eigenvalue weighted by Gasteiger charge is -2.40. The van der Waals surface area contributed by atoms with Crippen molar-refractivity contribution in [2.24, 2.45) is 0 Å². The van der Waals surface area contributed by atoms with Crippen LogP contribution in [0, 0.1) is 11.3 Å². The summed E-state index contributed by atoms with van der Waals surface area (Å²) in [6.45, 7) is 1.38. The molecule has 0 spiro atoms. The highest BCUT2D eigenvalue weighted by Crippen LogP contribution is 2.27. The molecular formula is C12H10N6O2. The van der Waals surface area contributed by atoms with E-state index in [-0.39, 0.29) is 11.7 Å². The van der Waals surface area contributed by atoms with Crippen molar-refractivity contribution in [1.82, 2.24) is 20.0 Å². The molecule has 8 nitrogen and oxygen atoms in total. The average Bonchev–Trinajstić information content (AvgIpc) is 2.87. The minimum Gasteiger partial charge on any atom is -0.476 e. The van der Waals surface area contributed by atoms with Crippen molar-refractivity contribution < 1.29 is 9.90 Å². The summed E-state index contributed by atoms with van der Waals surface area (Å²) in [5, 5.41) is 25.0. The van der Waals surface area contributed by atoms with Crippen LogP contribution in [0.5, 0.6) is 0 Å². The summed E-state index contributed by atoms with van der Waals surface area (Å²) >= 11 is 0. The number of aromatic carboxylic acids is 1. The van der Waals surface area contributed by atoms with Gasteiger partial charge in [0.15, 0.2) is 5.69 Å². The number of carbonyl (C=O) groups is 1. The largest absolute Gasteiger partial charge is 0.476 e. The van der Waals surface area contributed by atoms with Crippen molar-refractivity contribution in [2.45, 2.75) is 6.04 Å². The van der Waals surface area contributed by atoms with Crippen molar-refractivity contribution >= 4 is 11.7 Å². The zero-order valence-corrected chi connectivity index (χ0v) is 10.3. The highest BCUT2D eigenvalue weighted by molar-refractivity contribution is 5.84. The second-order valence-corrected chi connectivity index (χ2v) is 4.46. The van der Waals surface area contributed by atoms with E-state index in [2.05, 4.69) is 20.2 Å². The van der Waals surface area contributed by atoms with Crippen molar-refractivity contribution in [3.63, 3.8) is 0 Å². The third-order valence-corrected chi connectivity index (χ3v) is 3.19. The molecule has 3 rings (SSSR count). The molecule has 2 aromatic heterocycles. The number of pyridine rings is 1. The third kappa shape index (κ3) is 2.05. The molecule has 0 unspecified atom stereocenters. The summed E-state index contributed by atoms with van der Waals surface area (Å²) in [4.78, 5) is 16.7. The van der Waals surface area contributed by atoms with Crippen LogP contribution in [0.1, 0.15) is 22.2 Å². The average molecular weight is 270 g/mol. The van der Waals surface area contributed by atoms with Gasteiger partial charge in [-0.2, -0.15) is 5.26 Å². The number of hydrogen-bond acceptors (Lipinski definition) is 6. The van der Waals surface area contributed by atoms with E-state index in [1.54, 1.807) is 16.9 Å². The van der Waals surface area contributed by atoms with Crippen LogP contribution in [0.2, 0.25) is 0 Å². The molecule has 8 heteroatoms. The summed E-state index contributed by atoms with van der Waals surface area (Å²) in [5.74, 6) is -1.08. The Morgan fingerprint density at radius 3 is 2.95 bits per heavy atom. The van der Waals surface area contributed by atoms with Crippen LogP contribution in [0.3, 0.4) is 0 Å². The lowest BCUT2D eigenvalue weighted by atomic mass is 10.1. The van der Waals surface area contributed by atoms with Crippen molar-refractivity contribution in [2.75, 3.05) is 18.0 Å². The predicted molar refractivity (Wildman–Crippen MR) is 67.2 cm³/mol. The number of nitrogens with zero attached hydrogens (tertiary/aromatic N) is 6. The Morgan fingerprint density at radius 1 is 1.50 bits per heavy atom. The third-order valence-electron chi connectivity index (χ3n) is 3.19. The molecule has 0 aliphatic carbocycles. The van der Waals surface area contributed by atoms with E-state index in [4.69, 9.17) is 10.4 Å². The topological polar surface area (TPSA) is 108 Å². The van der Waals surface area contributed by atoms with Crippen molar-refractivity contribution in [1.29, 1.82) is 5.26 Å². The highest BCUT2D eigenvalue weighted by Gasteiger charge is 2.30. The Morgan fingerprint density at radius 2 is 2.30 bits per heavy atom. The summed E-state index contributed by atoms with van der Waals surface area (Å²) in [6.07, 6.45) is 3.02. The molecule has 1 N–H and O–H groups in total. The van der Waals surface area contributed by atoms with Crippen LogP contribution in [0.25, 0.3) is 0 Å². The zero-order valence-electron chi connectivity index (χ0n) is 10.3. The fourth-order valence-electron chi connectivity index (χ4n) is 2.06. The number of rotatable bonds is 3. The molecule has 3 heterocycles. The van der Waals surface area contributed by atoms with Gasteiger partial charge in [-0.15, -0.1) is 5.10 Å². The second-order valence-electron chi connectivity index (χ2n) is 4.46. The van der Waals surface area contributed by atoms with Gasteiger partial charge in [0.25, 0.3) is 0 Å². The molecule has 0 atom stereocenters. The maximum absolute atomic E-state index is 10.7. The van der Waals surface area contributed by atoms with Crippen LogP contribution < -0.4 is 4.90 Å². The maximum Gasteiger partial charge on any atom is 0.358 e. The van der Waals surface area contributed by atoms with Crippen molar-refractivity contribution in [3.8, 4) is 6.07 Å². The minimum absolute atomic E-state index is 0.0564. The van der Waals surface area contributed by atoms with Crippen LogP contribution in [-0.2, 0) is 0 Å². The number of nitriles is 1. The second kappa shape index (κ2) is 4.62. The summed E-state index contributed by atoms with van der Waals surface area (Å²) in [7, 11) is 0. The highest BCUT2D eigenvalue weighted by atomic mass is 16.4. The van der Waals surface area contributed by atoms with Crippen LogP contribution in [0.15, 0.2) is 24.5 Å². The monoisotopic (exact) mass is 270 g/mol. The molecule has 1 aliphatic heterocycles. The van der Waals surface area contributed by atoms with Gasteiger partial charge >= 0.3 is 5.97 Å². The van der Waals surface area contributed by atoms with E-state index in [9.17, 15) is 4.79 Å². The summed E-state index contributed by atoms with van der Waals surface area (Å²) in [6, 6.07) is 5.65. The van der Waals surface area contributed by atoms with Gasteiger partial charge in [0, 0.05) is 25.0 Å². The fourth-order valence-corrected chi connectivity index (χ4v) is 2.06. The predicted octanol–water partition coefficient (Wildman–Crippen LogP) is 0.304. The van der Waals surface area contributed by atoms with Gasteiger partial charge in [0.05, 0.1) is 12.2 Å². The van der Waals surface area contributed by atoms with Gasteiger partial charge in [-0.05, 0) is 12.1 Å². The molecule has 0 aromatic carbocycles. The lowest BCUT2D eigenvalue weighted by Crippen LogP contribution is -2.48. The zero-order chi connectivity index (χ0) is 14.1. The number of hydrogen-bond donors (Lipinski definition) is 1. The molecule has 0 amide bonds. The minimum atomic E-state index is -1.08. The Bertz CT molecular complexity index is 698. The van der Waals surface area contributed by atoms with E-state index >= 15 is 0 Å². The van der Waals surface area contributed by atoms with Gasteiger partial charge in [-0.3, -0.25) is 0 Å². The lowest BCUT2D eigenvalue weighted by molar-refractivity contribution is 0.0690. The van der Waals surface area contributed by atoms with E-state index < -0.39 is 5.97 Å². The number of carboxylic acids is 1. The van der Waals surface area contributed by atoms with Gasteiger partial charge in [-0.25, -0.2) is 14.5 Å². The molecule has 100 valence electrons.